The number of hydrogen-bond donors (Lipinski definition) is 3. The van der Waals surface area contributed by atoms with Gasteiger partial charge in [0.05, 0.1) is 11.4 Å². The molecule has 0 radical (unpaired) electrons. The number of aromatic amines is 1. The molecule has 0 saturated carbocycles. The van der Waals surface area contributed by atoms with E-state index < -0.39 is 10.0 Å². The van der Waals surface area contributed by atoms with Crippen LogP contribution < -0.4 is 10.0 Å². The van der Waals surface area contributed by atoms with Crippen molar-refractivity contribution in [3.05, 3.63) is 16.4 Å². The summed E-state index contributed by atoms with van der Waals surface area (Å²) in [5.41, 5.74) is 0.931. The second kappa shape index (κ2) is 5.85. The van der Waals surface area contributed by atoms with E-state index in [1.54, 1.807) is 14.0 Å². The molecule has 0 aliphatic rings. The first-order valence-corrected chi connectivity index (χ1v) is 8.31. The molecule has 0 amide bonds. The highest BCUT2D eigenvalue weighted by atomic mass is 32.2. The van der Waals surface area contributed by atoms with Crippen molar-refractivity contribution < 1.29 is 8.42 Å². The predicted octanol–water partition coefficient (Wildman–Crippen LogP) is 0.652. The number of nitrogens with one attached hydrogen (secondary N) is 3. The number of aryl methyl sites for hydroxylation is 2. The van der Waals surface area contributed by atoms with Crippen LogP contribution in [0.4, 0.5) is 5.13 Å². The highest BCUT2D eigenvalue weighted by Crippen LogP contribution is 2.23. The molecule has 0 bridgehead atoms. The molecule has 0 aliphatic heterocycles. The fraction of sp³-hybridized carbons (Fsp3) is 0.500. The van der Waals surface area contributed by atoms with Crippen LogP contribution in [0, 0.1) is 6.92 Å². The molecule has 10 heteroatoms. The molecule has 2 rings (SSSR count). The first-order valence-electron chi connectivity index (χ1n) is 6.01. The van der Waals surface area contributed by atoms with E-state index in [1.807, 2.05) is 6.92 Å². The van der Waals surface area contributed by atoms with E-state index in [-0.39, 0.29) is 10.0 Å². The van der Waals surface area contributed by atoms with Gasteiger partial charge in [-0.2, -0.15) is 5.10 Å². The first-order chi connectivity index (χ1) is 9.47. The van der Waals surface area contributed by atoms with Gasteiger partial charge in [0.15, 0.2) is 0 Å². The van der Waals surface area contributed by atoms with Crippen LogP contribution in [0.25, 0.3) is 0 Å². The second-order valence-corrected chi connectivity index (χ2v) is 6.80. The average Bonchev–Trinajstić information content (AvgIpc) is 2.96. The van der Waals surface area contributed by atoms with Crippen LogP contribution in [0.3, 0.4) is 0 Å². The molecule has 0 fully saturated rings. The number of sulfonamides is 1. The normalized spacial score (nSPS) is 11.8. The van der Waals surface area contributed by atoms with Crippen LogP contribution in [0.1, 0.15) is 23.3 Å². The minimum Gasteiger partial charge on any atom is -0.314 e. The Bertz CT molecular complexity index is 690. The molecule has 0 spiro atoms. The molecular weight excluding hydrogens is 300 g/mol. The summed E-state index contributed by atoms with van der Waals surface area (Å²) in [4.78, 5) is 0.153. The first kappa shape index (κ1) is 14.9. The van der Waals surface area contributed by atoms with Crippen molar-refractivity contribution in [2.75, 3.05) is 11.8 Å². The van der Waals surface area contributed by atoms with E-state index in [9.17, 15) is 8.42 Å². The number of nitrogens with zero attached hydrogens (tertiary/aromatic N) is 3. The van der Waals surface area contributed by atoms with Crippen LogP contribution in [0.15, 0.2) is 4.90 Å². The maximum atomic E-state index is 12.4. The molecule has 2 heterocycles. The number of H-pyrrole nitrogens is 1. The lowest BCUT2D eigenvalue weighted by Crippen LogP contribution is -2.17. The smallest absolute Gasteiger partial charge is 0.267 e. The quantitative estimate of drug-likeness (QED) is 0.721. The Labute approximate surface area is 121 Å². The summed E-state index contributed by atoms with van der Waals surface area (Å²) in [6.07, 6.45) is 0.717. The summed E-state index contributed by atoms with van der Waals surface area (Å²) >= 11 is 1.22. The highest BCUT2D eigenvalue weighted by molar-refractivity contribution is 7.93. The predicted molar refractivity (Wildman–Crippen MR) is 76.2 cm³/mol. The molecule has 0 atom stereocenters. The topological polar surface area (TPSA) is 113 Å². The molecule has 20 heavy (non-hydrogen) atoms. The van der Waals surface area contributed by atoms with E-state index in [0.717, 1.165) is 11.4 Å². The number of aromatic nitrogens is 4. The van der Waals surface area contributed by atoms with Gasteiger partial charge in [0, 0.05) is 6.54 Å². The molecule has 8 nitrogen and oxygen atoms in total. The molecule has 3 N–H and O–H groups in total. The second-order valence-electron chi connectivity index (χ2n) is 4.11. The van der Waals surface area contributed by atoms with E-state index in [0.29, 0.717) is 17.9 Å². The van der Waals surface area contributed by atoms with E-state index >= 15 is 0 Å². The Morgan fingerprint density at radius 1 is 1.35 bits per heavy atom. The number of anilines is 1. The maximum absolute atomic E-state index is 12.4. The third kappa shape index (κ3) is 2.97. The van der Waals surface area contributed by atoms with Gasteiger partial charge in [-0.1, -0.05) is 18.3 Å². The van der Waals surface area contributed by atoms with Crippen molar-refractivity contribution in [2.45, 2.75) is 31.7 Å². The number of hydrogen-bond acceptors (Lipinski definition) is 7. The largest absolute Gasteiger partial charge is 0.314 e. The van der Waals surface area contributed by atoms with Gasteiger partial charge in [-0.15, -0.1) is 10.2 Å². The summed E-state index contributed by atoms with van der Waals surface area (Å²) in [6.45, 7) is 3.96. The zero-order valence-electron chi connectivity index (χ0n) is 11.4. The van der Waals surface area contributed by atoms with E-state index in [1.165, 1.54) is 11.3 Å². The van der Waals surface area contributed by atoms with Gasteiger partial charge in [-0.3, -0.25) is 9.82 Å². The zero-order valence-corrected chi connectivity index (χ0v) is 13.0. The van der Waals surface area contributed by atoms with Crippen molar-refractivity contribution in [1.29, 1.82) is 0 Å². The van der Waals surface area contributed by atoms with Crippen LogP contribution in [-0.4, -0.2) is 35.9 Å². The lowest BCUT2D eigenvalue weighted by Gasteiger charge is -2.06. The van der Waals surface area contributed by atoms with E-state index in [4.69, 9.17) is 0 Å². The standard InChI is InChI=1S/C10H16N6O2S2/c1-4-8-14-15-10(19-8)16-20(17,18)9-6(2)12-13-7(9)5-11-3/h11H,4-5H2,1-3H3,(H,12,13)(H,15,16). The van der Waals surface area contributed by atoms with Gasteiger partial charge in [0.2, 0.25) is 5.13 Å². The van der Waals surface area contributed by atoms with Crippen molar-refractivity contribution in [1.82, 2.24) is 25.7 Å². The molecule has 2 aromatic heterocycles. The molecular formula is C10H16N6O2S2. The summed E-state index contributed by atoms with van der Waals surface area (Å²) in [5, 5.41) is 18.3. The molecule has 0 aliphatic carbocycles. The van der Waals surface area contributed by atoms with Gasteiger partial charge in [0.1, 0.15) is 9.90 Å². The van der Waals surface area contributed by atoms with Crippen molar-refractivity contribution in [2.24, 2.45) is 0 Å². The minimum atomic E-state index is -3.72. The number of rotatable bonds is 6. The fourth-order valence-electron chi connectivity index (χ4n) is 1.72. The molecule has 2 aromatic rings. The summed E-state index contributed by atoms with van der Waals surface area (Å²) in [7, 11) is -2.00. The van der Waals surface area contributed by atoms with Gasteiger partial charge in [-0.05, 0) is 20.4 Å². The third-order valence-electron chi connectivity index (χ3n) is 2.57. The molecule has 0 unspecified atom stereocenters. The Balaban J connectivity index is 2.32. The molecule has 0 aromatic carbocycles. The van der Waals surface area contributed by atoms with Crippen molar-refractivity contribution >= 4 is 26.5 Å². The van der Waals surface area contributed by atoms with Gasteiger partial charge in [0.25, 0.3) is 10.0 Å². The monoisotopic (exact) mass is 316 g/mol. The Morgan fingerprint density at radius 2 is 2.10 bits per heavy atom. The van der Waals surface area contributed by atoms with Crippen LogP contribution in [0.5, 0.6) is 0 Å². The summed E-state index contributed by atoms with van der Waals surface area (Å²) in [5.74, 6) is 0. The maximum Gasteiger partial charge on any atom is 0.267 e. The lowest BCUT2D eigenvalue weighted by molar-refractivity contribution is 0.598. The molecule has 0 saturated heterocycles. The Morgan fingerprint density at radius 3 is 2.70 bits per heavy atom. The molecule has 110 valence electrons. The zero-order chi connectivity index (χ0) is 14.8. The van der Waals surface area contributed by atoms with Crippen LogP contribution in [0.2, 0.25) is 0 Å². The highest BCUT2D eigenvalue weighted by Gasteiger charge is 2.25. The Hall–Kier alpha value is -1.52. The van der Waals surface area contributed by atoms with Crippen LogP contribution in [-0.2, 0) is 23.0 Å². The minimum absolute atomic E-state index is 0.153. The lowest BCUT2D eigenvalue weighted by atomic mass is 10.4. The average molecular weight is 316 g/mol. The van der Waals surface area contributed by atoms with Gasteiger partial charge >= 0.3 is 0 Å². The fourth-order valence-corrected chi connectivity index (χ4v) is 3.99. The summed E-state index contributed by atoms with van der Waals surface area (Å²) < 4.78 is 27.3. The summed E-state index contributed by atoms with van der Waals surface area (Å²) in [6, 6.07) is 0. The Kier molecular flexibility index (Phi) is 4.35. The van der Waals surface area contributed by atoms with Crippen molar-refractivity contribution in [3.63, 3.8) is 0 Å². The van der Waals surface area contributed by atoms with Gasteiger partial charge in [-0.25, -0.2) is 8.42 Å². The SMILES string of the molecule is CCc1nnc(NS(=O)(=O)c2c(CNC)n[nH]c2C)s1. The van der Waals surface area contributed by atoms with Crippen LogP contribution >= 0.6 is 11.3 Å². The van der Waals surface area contributed by atoms with E-state index in [2.05, 4.69) is 30.4 Å². The van der Waals surface area contributed by atoms with Crippen molar-refractivity contribution in [3.8, 4) is 0 Å². The van der Waals surface area contributed by atoms with Gasteiger partial charge < -0.3 is 5.32 Å². The third-order valence-corrected chi connectivity index (χ3v) is 5.22.